The van der Waals surface area contributed by atoms with Crippen LogP contribution < -0.4 is 0 Å². The number of rotatable bonds is 3. The lowest BCUT2D eigenvalue weighted by atomic mass is 10.0. The summed E-state index contributed by atoms with van der Waals surface area (Å²) in [6, 6.07) is 5.06. The van der Waals surface area contributed by atoms with E-state index in [1.807, 2.05) is 0 Å². The standard InChI is InChI=1S/C14H21NO3S/c1-10-7-15(8-11(10)2)19(17,18)14-6-4-5-13(9-16)12(14)3/h4-6,10-11,16H,7-9H2,1-3H3. The number of aliphatic hydroxyl groups excluding tert-OH is 1. The second-order valence-electron chi connectivity index (χ2n) is 5.47. The van der Waals surface area contributed by atoms with Gasteiger partial charge in [-0.1, -0.05) is 26.0 Å². The van der Waals surface area contributed by atoms with Crippen LogP contribution >= 0.6 is 0 Å². The van der Waals surface area contributed by atoms with Gasteiger partial charge in [0.1, 0.15) is 0 Å². The third-order valence-electron chi connectivity index (χ3n) is 4.14. The van der Waals surface area contributed by atoms with Crippen LogP contribution in [0.4, 0.5) is 0 Å². The van der Waals surface area contributed by atoms with Gasteiger partial charge in [0.25, 0.3) is 0 Å². The minimum atomic E-state index is -3.45. The van der Waals surface area contributed by atoms with Gasteiger partial charge in [-0.2, -0.15) is 4.31 Å². The number of benzene rings is 1. The van der Waals surface area contributed by atoms with Crippen molar-refractivity contribution in [3.8, 4) is 0 Å². The van der Waals surface area contributed by atoms with Crippen molar-refractivity contribution < 1.29 is 13.5 Å². The third-order valence-corrected chi connectivity index (χ3v) is 6.12. The molecule has 1 aliphatic heterocycles. The Hall–Kier alpha value is -0.910. The minimum absolute atomic E-state index is 0.137. The summed E-state index contributed by atoms with van der Waals surface area (Å²) in [7, 11) is -3.45. The lowest BCUT2D eigenvalue weighted by Crippen LogP contribution is -2.29. The highest BCUT2D eigenvalue weighted by molar-refractivity contribution is 7.89. The Kier molecular flexibility index (Phi) is 3.99. The summed E-state index contributed by atoms with van der Waals surface area (Å²) >= 11 is 0. The van der Waals surface area contributed by atoms with Gasteiger partial charge in [0.2, 0.25) is 10.0 Å². The van der Waals surface area contributed by atoms with Crippen LogP contribution in [0.1, 0.15) is 25.0 Å². The minimum Gasteiger partial charge on any atom is -0.392 e. The van der Waals surface area contributed by atoms with E-state index in [0.717, 1.165) is 0 Å². The Morgan fingerprint density at radius 3 is 2.37 bits per heavy atom. The Bertz CT molecular complexity index is 558. The second-order valence-corrected chi connectivity index (χ2v) is 7.38. The van der Waals surface area contributed by atoms with E-state index < -0.39 is 10.0 Å². The zero-order valence-electron chi connectivity index (χ0n) is 11.6. The second kappa shape index (κ2) is 5.23. The Morgan fingerprint density at radius 1 is 1.26 bits per heavy atom. The third kappa shape index (κ3) is 2.55. The van der Waals surface area contributed by atoms with Crippen LogP contribution in [0.5, 0.6) is 0 Å². The van der Waals surface area contributed by atoms with Crippen molar-refractivity contribution in [2.24, 2.45) is 11.8 Å². The van der Waals surface area contributed by atoms with Gasteiger partial charge in [0, 0.05) is 13.1 Å². The fourth-order valence-electron chi connectivity index (χ4n) is 2.52. The highest BCUT2D eigenvalue weighted by Gasteiger charge is 2.35. The molecule has 19 heavy (non-hydrogen) atoms. The van der Waals surface area contributed by atoms with E-state index in [-0.39, 0.29) is 6.61 Å². The van der Waals surface area contributed by atoms with Crippen molar-refractivity contribution in [2.45, 2.75) is 32.3 Å². The Morgan fingerprint density at radius 2 is 1.84 bits per heavy atom. The molecule has 2 unspecified atom stereocenters. The van der Waals surface area contributed by atoms with Crippen LogP contribution in [0, 0.1) is 18.8 Å². The topological polar surface area (TPSA) is 57.6 Å². The fraction of sp³-hybridized carbons (Fsp3) is 0.571. The highest BCUT2D eigenvalue weighted by Crippen LogP contribution is 2.30. The van der Waals surface area contributed by atoms with Crippen molar-refractivity contribution in [2.75, 3.05) is 13.1 Å². The van der Waals surface area contributed by atoms with Crippen LogP contribution in [-0.4, -0.2) is 30.9 Å². The molecule has 0 radical (unpaired) electrons. The monoisotopic (exact) mass is 283 g/mol. The molecule has 0 saturated carbocycles. The molecule has 1 fully saturated rings. The number of hydrogen-bond donors (Lipinski definition) is 1. The van der Waals surface area contributed by atoms with Crippen LogP contribution in [-0.2, 0) is 16.6 Å². The summed E-state index contributed by atoms with van der Waals surface area (Å²) in [5, 5.41) is 9.25. The van der Waals surface area contributed by atoms with E-state index in [2.05, 4.69) is 13.8 Å². The molecule has 4 nitrogen and oxygen atoms in total. The van der Waals surface area contributed by atoms with Gasteiger partial charge in [-0.05, 0) is 36.0 Å². The molecule has 2 atom stereocenters. The number of aliphatic hydroxyl groups is 1. The number of sulfonamides is 1. The maximum absolute atomic E-state index is 12.7. The van der Waals surface area contributed by atoms with Gasteiger partial charge in [0.05, 0.1) is 11.5 Å². The van der Waals surface area contributed by atoms with Crippen LogP contribution in [0.3, 0.4) is 0 Å². The molecular formula is C14H21NO3S. The van der Waals surface area contributed by atoms with Crippen molar-refractivity contribution in [1.29, 1.82) is 0 Å². The summed E-state index contributed by atoms with van der Waals surface area (Å²) in [5.41, 5.74) is 1.32. The lowest BCUT2D eigenvalue weighted by Gasteiger charge is -2.18. The summed E-state index contributed by atoms with van der Waals surface area (Å²) in [5.74, 6) is 0.771. The van der Waals surface area contributed by atoms with Crippen LogP contribution in [0.15, 0.2) is 23.1 Å². The predicted molar refractivity (Wildman–Crippen MR) is 74.2 cm³/mol. The molecule has 5 heteroatoms. The van der Waals surface area contributed by atoms with E-state index in [1.165, 1.54) is 0 Å². The van der Waals surface area contributed by atoms with E-state index >= 15 is 0 Å². The molecule has 1 aromatic carbocycles. The quantitative estimate of drug-likeness (QED) is 0.919. The van der Waals surface area contributed by atoms with Crippen LogP contribution in [0.2, 0.25) is 0 Å². The van der Waals surface area contributed by atoms with Gasteiger partial charge in [-0.15, -0.1) is 0 Å². The summed E-state index contributed by atoms with van der Waals surface area (Å²) in [6.45, 7) is 6.93. The highest BCUT2D eigenvalue weighted by atomic mass is 32.2. The molecule has 2 rings (SSSR count). The molecule has 1 aromatic rings. The molecule has 1 heterocycles. The van der Waals surface area contributed by atoms with Gasteiger partial charge in [-0.3, -0.25) is 0 Å². The molecule has 1 N–H and O–H groups in total. The van der Waals surface area contributed by atoms with E-state index in [9.17, 15) is 13.5 Å². The Balaban J connectivity index is 2.41. The molecule has 0 bridgehead atoms. The van der Waals surface area contributed by atoms with Gasteiger partial charge < -0.3 is 5.11 Å². The summed E-state index contributed by atoms with van der Waals surface area (Å²) in [4.78, 5) is 0.320. The Labute approximate surface area is 115 Å². The van der Waals surface area contributed by atoms with E-state index in [1.54, 1.807) is 29.4 Å². The molecule has 0 aliphatic carbocycles. The normalized spacial score (nSPS) is 24.8. The predicted octanol–water partition coefficient (Wildman–Crippen LogP) is 1.76. The average molecular weight is 283 g/mol. The molecule has 1 aliphatic rings. The van der Waals surface area contributed by atoms with Crippen molar-refractivity contribution in [1.82, 2.24) is 4.31 Å². The average Bonchev–Trinajstić information content (AvgIpc) is 2.70. The van der Waals surface area contributed by atoms with E-state index in [0.29, 0.717) is 40.9 Å². The summed E-state index contributed by atoms with van der Waals surface area (Å²) < 4.78 is 26.9. The van der Waals surface area contributed by atoms with Crippen molar-refractivity contribution in [3.63, 3.8) is 0 Å². The first kappa shape index (κ1) is 14.5. The molecule has 0 aromatic heterocycles. The molecule has 106 valence electrons. The molecule has 0 amide bonds. The van der Waals surface area contributed by atoms with Gasteiger partial charge in [-0.25, -0.2) is 8.42 Å². The first-order valence-corrected chi connectivity index (χ1v) is 8.01. The summed E-state index contributed by atoms with van der Waals surface area (Å²) in [6.07, 6.45) is 0. The van der Waals surface area contributed by atoms with E-state index in [4.69, 9.17) is 0 Å². The zero-order chi connectivity index (χ0) is 14.2. The van der Waals surface area contributed by atoms with Gasteiger partial charge >= 0.3 is 0 Å². The molecule has 1 saturated heterocycles. The first-order chi connectivity index (χ1) is 8.87. The first-order valence-electron chi connectivity index (χ1n) is 6.57. The number of nitrogens with zero attached hydrogens (tertiary/aromatic N) is 1. The van der Waals surface area contributed by atoms with Crippen molar-refractivity contribution in [3.05, 3.63) is 29.3 Å². The van der Waals surface area contributed by atoms with Crippen LogP contribution in [0.25, 0.3) is 0 Å². The smallest absolute Gasteiger partial charge is 0.243 e. The molecule has 0 spiro atoms. The van der Waals surface area contributed by atoms with Crippen molar-refractivity contribution >= 4 is 10.0 Å². The molecular weight excluding hydrogens is 262 g/mol. The zero-order valence-corrected chi connectivity index (χ0v) is 12.4. The SMILES string of the molecule is Cc1c(CO)cccc1S(=O)(=O)N1CC(C)C(C)C1. The largest absolute Gasteiger partial charge is 0.392 e. The maximum atomic E-state index is 12.7. The number of hydrogen-bond acceptors (Lipinski definition) is 3. The van der Waals surface area contributed by atoms with Gasteiger partial charge in [0.15, 0.2) is 0 Å². The maximum Gasteiger partial charge on any atom is 0.243 e. The fourth-order valence-corrected chi connectivity index (χ4v) is 4.43. The lowest BCUT2D eigenvalue weighted by molar-refractivity contribution is 0.280.